The number of carbonyl (C=O) groups is 1. The Morgan fingerprint density at radius 1 is 1.30 bits per heavy atom. The summed E-state index contributed by atoms with van der Waals surface area (Å²) in [6.45, 7) is 6.27. The maximum atomic E-state index is 12.5. The third kappa shape index (κ3) is 4.79. The lowest BCUT2D eigenvalue weighted by atomic mass is 9.93. The third-order valence-electron chi connectivity index (χ3n) is 5.08. The molecule has 3 unspecified atom stereocenters. The molecular weight excluding hydrogens is 286 g/mol. The first-order valence-electron chi connectivity index (χ1n) is 9.01. The normalized spacial score (nSPS) is 29.2. The molecule has 0 aliphatic carbocycles. The molecule has 3 atom stereocenters. The van der Waals surface area contributed by atoms with E-state index in [1.807, 2.05) is 0 Å². The summed E-state index contributed by atoms with van der Waals surface area (Å²) in [7, 11) is 0. The van der Waals surface area contributed by atoms with Crippen LogP contribution in [0.25, 0.3) is 0 Å². The molecule has 0 saturated carbocycles. The smallest absolute Gasteiger partial charge is 0.237 e. The predicted octanol–water partition coefficient (Wildman–Crippen LogP) is 2.16. The summed E-state index contributed by atoms with van der Waals surface area (Å²) in [5, 5.41) is 6.65. The first-order chi connectivity index (χ1) is 11.2. The molecule has 1 amide bonds. The molecule has 0 radical (unpaired) electrons. The van der Waals surface area contributed by atoms with Crippen molar-refractivity contribution in [3.63, 3.8) is 0 Å². The molecule has 126 valence electrons. The number of nitrogens with one attached hydrogen (secondary N) is 2. The number of hydrogen-bond acceptors (Lipinski definition) is 3. The summed E-state index contributed by atoms with van der Waals surface area (Å²) in [4.78, 5) is 14.9. The number of hydrogen-bond donors (Lipinski definition) is 2. The van der Waals surface area contributed by atoms with Crippen LogP contribution >= 0.6 is 0 Å². The van der Waals surface area contributed by atoms with Crippen LogP contribution < -0.4 is 10.6 Å². The molecule has 2 aliphatic heterocycles. The van der Waals surface area contributed by atoms with Gasteiger partial charge in [-0.15, -0.1) is 0 Å². The van der Waals surface area contributed by atoms with Crippen molar-refractivity contribution in [1.82, 2.24) is 15.5 Å². The Kier molecular flexibility index (Phi) is 5.68. The van der Waals surface area contributed by atoms with Crippen LogP contribution in [-0.4, -0.2) is 42.5 Å². The number of likely N-dealkylation sites (tertiary alicyclic amines) is 1. The minimum atomic E-state index is 0.00301. The second kappa shape index (κ2) is 7.93. The summed E-state index contributed by atoms with van der Waals surface area (Å²) in [5.74, 6) is 0.844. The quantitative estimate of drug-likeness (QED) is 0.895. The highest BCUT2D eigenvalue weighted by atomic mass is 16.2. The van der Waals surface area contributed by atoms with Gasteiger partial charge in [-0.2, -0.15) is 0 Å². The molecule has 2 fully saturated rings. The molecule has 4 nitrogen and oxygen atoms in total. The van der Waals surface area contributed by atoms with E-state index in [1.54, 1.807) is 0 Å². The first-order valence-corrected chi connectivity index (χ1v) is 9.01. The predicted molar refractivity (Wildman–Crippen MR) is 93.1 cm³/mol. The van der Waals surface area contributed by atoms with Crippen molar-refractivity contribution in [1.29, 1.82) is 0 Å². The zero-order valence-corrected chi connectivity index (χ0v) is 14.1. The highest BCUT2D eigenvalue weighted by molar-refractivity contribution is 5.82. The van der Waals surface area contributed by atoms with E-state index in [0.717, 1.165) is 45.4 Å². The van der Waals surface area contributed by atoms with Crippen molar-refractivity contribution in [3.05, 3.63) is 35.9 Å². The highest BCUT2D eigenvalue weighted by Gasteiger charge is 2.28. The Hall–Kier alpha value is -1.39. The van der Waals surface area contributed by atoms with Crippen LogP contribution in [0.15, 0.2) is 30.3 Å². The number of piperidine rings is 2. The van der Waals surface area contributed by atoms with E-state index in [4.69, 9.17) is 0 Å². The third-order valence-corrected chi connectivity index (χ3v) is 5.08. The van der Waals surface area contributed by atoms with Crippen molar-refractivity contribution in [2.45, 2.75) is 51.2 Å². The van der Waals surface area contributed by atoms with E-state index in [9.17, 15) is 4.79 Å². The lowest BCUT2D eigenvalue weighted by molar-refractivity contribution is -0.125. The van der Waals surface area contributed by atoms with Crippen molar-refractivity contribution in [2.24, 2.45) is 5.92 Å². The van der Waals surface area contributed by atoms with Gasteiger partial charge in [-0.05, 0) is 50.3 Å². The Labute approximate surface area is 139 Å². The summed E-state index contributed by atoms with van der Waals surface area (Å²) in [6.07, 6.45) is 4.40. The molecule has 3 rings (SSSR count). The van der Waals surface area contributed by atoms with Crippen molar-refractivity contribution < 1.29 is 4.79 Å². The molecule has 2 aliphatic rings. The topological polar surface area (TPSA) is 44.4 Å². The van der Waals surface area contributed by atoms with Crippen LogP contribution in [0.3, 0.4) is 0 Å². The Morgan fingerprint density at radius 3 is 2.91 bits per heavy atom. The lowest BCUT2D eigenvalue weighted by Gasteiger charge is -2.35. The molecule has 1 aromatic carbocycles. The SMILES string of the molecule is CC1CCNC(C(=O)NC2CCCN(Cc3ccccc3)C2)C1. The second-order valence-electron chi connectivity index (χ2n) is 7.20. The van der Waals surface area contributed by atoms with Gasteiger partial charge in [0, 0.05) is 19.1 Å². The van der Waals surface area contributed by atoms with Crippen LogP contribution in [0.1, 0.15) is 38.2 Å². The van der Waals surface area contributed by atoms with Crippen LogP contribution in [0.2, 0.25) is 0 Å². The maximum Gasteiger partial charge on any atom is 0.237 e. The molecule has 4 heteroatoms. The van der Waals surface area contributed by atoms with Gasteiger partial charge in [-0.25, -0.2) is 0 Å². The van der Waals surface area contributed by atoms with Gasteiger partial charge in [0.2, 0.25) is 5.91 Å². The van der Waals surface area contributed by atoms with Gasteiger partial charge in [0.25, 0.3) is 0 Å². The Bertz CT molecular complexity index is 505. The summed E-state index contributed by atoms with van der Waals surface area (Å²) >= 11 is 0. The molecule has 2 heterocycles. The van der Waals surface area contributed by atoms with Gasteiger partial charge in [0.05, 0.1) is 6.04 Å². The number of benzene rings is 1. The molecule has 0 spiro atoms. The van der Waals surface area contributed by atoms with Crippen LogP contribution in [0.5, 0.6) is 0 Å². The van der Waals surface area contributed by atoms with Crippen molar-refractivity contribution in [2.75, 3.05) is 19.6 Å². The Balaban J connectivity index is 1.49. The van der Waals surface area contributed by atoms with Gasteiger partial charge < -0.3 is 10.6 Å². The molecule has 2 saturated heterocycles. The van der Waals surface area contributed by atoms with Crippen LogP contribution in [0, 0.1) is 5.92 Å². The lowest BCUT2D eigenvalue weighted by Crippen LogP contribution is -2.54. The number of carbonyl (C=O) groups excluding carboxylic acids is 1. The average Bonchev–Trinajstić information content (AvgIpc) is 2.56. The van der Waals surface area contributed by atoms with E-state index in [-0.39, 0.29) is 11.9 Å². The van der Waals surface area contributed by atoms with Crippen molar-refractivity contribution in [3.8, 4) is 0 Å². The maximum absolute atomic E-state index is 12.5. The first kappa shape index (κ1) is 16.5. The van der Waals surface area contributed by atoms with Gasteiger partial charge in [0.15, 0.2) is 0 Å². The fourth-order valence-electron chi connectivity index (χ4n) is 3.77. The van der Waals surface area contributed by atoms with Gasteiger partial charge >= 0.3 is 0 Å². The van der Waals surface area contributed by atoms with E-state index in [2.05, 4.69) is 52.8 Å². The van der Waals surface area contributed by atoms with E-state index >= 15 is 0 Å². The largest absolute Gasteiger partial charge is 0.351 e. The second-order valence-corrected chi connectivity index (χ2v) is 7.20. The molecule has 0 aromatic heterocycles. The average molecular weight is 315 g/mol. The minimum absolute atomic E-state index is 0.00301. The molecule has 23 heavy (non-hydrogen) atoms. The van der Waals surface area contributed by atoms with E-state index in [1.165, 1.54) is 12.0 Å². The highest BCUT2D eigenvalue weighted by Crippen LogP contribution is 2.17. The number of amides is 1. The Morgan fingerprint density at radius 2 is 2.13 bits per heavy atom. The summed E-state index contributed by atoms with van der Waals surface area (Å²) in [6, 6.07) is 10.9. The number of rotatable bonds is 4. The molecule has 1 aromatic rings. The van der Waals surface area contributed by atoms with Crippen LogP contribution in [0.4, 0.5) is 0 Å². The fourth-order valence-corrected chi connectivity index (χ4v) is 3.77. The van der Waals surface area contributed by atoms with Crippen LogP contribution in [-0.2, 0) is 11.3 Å². The monoisotopic (exact) mass is 315 g/mol. The molecule has 0 bridgehead atoms. The zero-order valence-electron chi connectivity index (χ0n) is 14.1. The number of nitrogens with zero attached hydrogens (tertiary/aromatic N) is 1. The summed E-state index contributed by atoms with van der Waals surface area (Å²) in [5.41, 5.74) is 1.35. The molecular formula is C19H29N3O. The van der Waals surface area contributed by atoms with E-state index < -0.39 is 0 Å². The zero-order chi connectivity index (χ0) is 16.1. The van der Waals surface area contributed by atoms with Gasteiger partial charge in [-0.3, -0.25) is 9.69 Å². The standard InChI is InChI=1S/C19H29N3O/c1-15-9-10-20-18(12-15)19(23)21-17-8-5-11-22(14-17)13-16-6-3-2-4-7-16/h2-4,6-7,15,17-18,20H,5,8-14H2,1H3,(H,21,23). The minimum Gasteiger partial charge on any atom is -0.351 e. The molecule has 2 N–H and O–H groups in total. The summed E-state index contributed by atoms with van der Waals surface area (Å²) < 4.78 is 0. The fraction of sp³-hybridized carbons (Fsp3) is 0.632. The van der Waals surface area contributed by atoms with Gasteiger partial charge in [-0.1, -0.05) is 37.3 Å². The van der Waals surface area contributed by atoms with Crippen molar-refractivity contribution >= 4 is 5.91 Å². The van der Waals surface area contributed by atoms with Gasteiger partial charge in [0.1, 0.15) is 0 Å². The van der Waals surface area contributed by atoms with E-state index in [0.29, 0.717) is 12.0 Å².